The van der Waals surface area contributed by atoms with Crippen LogP contribution in [-0.4, -0.2) is 22.9 Å². The molecular formula is C16H17IN2O2. The van der Waals surface area contributed by atoms with Gasteiger partial charge < -0.3 is 9.32 Å². The summed E-state index contributed by atoms with van der Waals surface area (Å²) in [5.74, 6) is 0.794. The maximum Gasteiger partial charge on any atom is 0.290 e. The lowest BCUT2D eigenvalue weighted by Crippen LogP contribution is -2.54. The molecule has 4 nitrogen and oxygen atoms in total. The van der Waals surface area contributed by atoms with Crippen molar-refractivity contribution in [2.24, 2.45) is 16.7 Å². The van der Waals surface area contributed by atoms with Gasteiger partial charge in [0.2, 0.25) is 0 Å². The molecule has 4 rings (SSSR count). The predicted octanol–water partition coefficient (Wildman–Crippen LogP) is 3.43. The van der Waals surface area contributed by atoms with E-state index >= 15 is 0 Å². The number of likely N-dealkylation sites (tertiary alicyclic amines) is 1. The van der Waals surface area contributed by atoms with Crippen molar-refractivity contribution in [3.63, 3.8) is 0 Å². The molecule has 4 atom stereocenters. The maximum atomic E-state index is 12.9. The zero-order chi connectivity index (χ0) is 15.0. The number of rotatable bonds is 1. The van der Waals surface area contributed by atoms with Crippen molar-refractivity contribution in [3.05, 3.63) is 21.7 Å². The standard InChI is InChI=1S/C16H17IN2O2/c1-14-9-19(13(20)11-3-4-12(17)21-11)16(8-18)7-10(14)5-6-15(14,16)2/h3-4,10H,5-7,9H2,1-2H3/t10-,14+,15+,16+/m1/s1. The van der Waals surface area contributed by atoms with Gasteiger partial charge in [-0.05, 0) is 65.3 Å². The Morgan fingerprint density at radius 1 is 1.52 bits per heavy atom. The van der Waals surface area contributed by atoms with E-state index in [1.807, 2.05) is 0 Å². The smallest absolute Gasteiger partial charge is 0.290 e. The van der Waals surface area contributed by atoms with Gasteiger partial charge in [-0.3, -0.25) is 4.79 Å². The molecule has 3 aliphatic rings. The lowest BCUT2D eigenvalue weighted by molar-refractivity contribution is 0.0399. The Morgan fingerprint density at radius 2 is 2.29 bits per heavy atom. The van der Waals surface area contributed by atoms with Crippen molar-refractivity contribution in [2.45, 2.75) is 38.6 Å². The van der Waals surface area contributed by atoms with Gasteiger partial charge in [-0.1, -0.05) is 13.8 Å². The van der Waals surface area contributed by atoms with Crippen molar-refractivity contribution >= 4 is 28.5 Å². The fourth-order valence-electron chi connectivity index (χ4n) is 5.32. The Balaban J connectivity index is 1.80. The quantitative estimate of drug-likeness (QED) is 0.684. The third kappa shape index (κ3) is 1.29. The Morgan fingerprint density at radius 3 is 2.86 bits per heavy atom. The van der Waals surface area contributed by atoms with Crippen LogP contribution >= 0.6 is 22.6 Å². The summed E-state index contributed by atoms with van der Waals surface area (Å²) in [6.45, 7) is 5.16. The van der Waals surface area contributed by atoms with Gasteiger partial charge in [0, 0.05) is 12.0 Å². The minimum absolute atomic E-state index is 0.0676. The summed E-state index contributed by atoms with van der Waals surface area (Å²) in [4.78, 5) is 14.7. The minimum atomic E-state index is -0.653. The second-order valence-electron chi connectivity index (χ2n) is 7.16. The second-order valence-corrected chi connectivity index (χ2v) is 8.22. The van der Waals surface area contributed by atoms with Gasteiger partial charge in [-0.2, -0.15) is 5.26 Å². The van der Waals surface area contributed by atoms with Gasteiger partial charge in [0.25, 0.3) is 5.91 Å². The zero-order valence-corrected chi connectivity index (χ0v) is 14.3. The molecule has 1 aromatic heterocycles. The van der Waals surface area contributed by atoms with E-state index in [-0.39, 0.29) is 16.7 Å². The molecule has 5 heteroatoms. The lowest BCUT2D eigenvalue weighted by atomic mass is 9.66. The van der Waals surface area contributed by atoms with Crippen LogP contribution < -0.4 is 0 Å². The number of carbonyl (C=O) groups is 1. The molecule has 1 amide bonds. The van der Waals surface area contributed by atoms with Crippen molar-refractivity contribution in [2.75, 3.05) is 6.54 Å². The van der Waals surface area contributed by atoms with Crippen LogP contribution in [0.15, 0.2) is 16.5 Å². The van der Waals surface area contributed by atoms with Crippen molar-refractivity contribution in [1.82, 2.24) is 4.90 Å². The minimum Gasteiger partial charge on any atom is -0.445 e. The van der Waals surface area contributed by atoms with Crippen LogP contribution in [0.2, 0.25) is 0 Å². The summed E-state index contributed by atoms with van der Waals surface area (Å²) >= 11 is 2.06. The lowest BCUT2D eigenvalue weighted by Gasteiger charge is -2.42. The number of halogens is 1. The molecule has 1 saturated heterocycles. The number of nitrogens with zero attached hydrogens (tertiary/aromatic N) is 2. The van der Waals surface area contributed by atoms with Crippen molar-refractivity contribution < 1.29 is 9.21 Å². The number of furan rings is 1. The summed E-state index contributed by atoms with van der Waals surface area (Å²) in [5.41, 5.74) is -0.674. The number of nitriles is 1. The topological polar surface area (TPSA) is 57.2 Å². The van der Waals surface area contributed by atoms with Crippen LogP contribution in [0.3, 0.4) is 0 Å². The molecular weight excluding hydrogens is 379 g/mol. The number of carbonyl (C=O) groups excluding carboxylic acids is 1. The molecule has 2 aliphatic carbocycles. The molecule has 0 N–H and O–H groups in total. The van der Waals surface area contributed by atoms with E-state index < -0.39 is 5.54 Å². The van der Waals surface area contributed by atoms with Gasteiger partial charge in [0.05, 0.1) is 6.07 Å². The summed E-state index contributed by atoms with van der Waals surface area (Å²) in [5, 5.41) is 9.94. The first-order valence-electron chi connectivity index (χ1n) is 7.36. The highest BCUT2D eigenvalue weighted by atomic mass is 127. The fraction of sp³-hybridized carbons (Fsp3) is 0.625. The Labute approximate surface area is 137 Å². The number of piperidine rings is 1. The molecule has 1 aliphatic heterocycles. The zero-order valence-electron chi connectivity index (χ0n) is 12.1. The summed E-state index contributed by atoms with van der Waals surface area (Å²) in [7, 11) is 0. The van der Waals surface area contributed by atoms with E-state index in [0.717, 1.165) is 12.8 Å². The van der Waals surface area contributed by atoms with E-state index in [4.69, 9.17) is 4.42 Å². The highest BCUT2D eigenvalue weighted by Gasteiger charge is 2.79. The maximum absolute atomic E-state index is 12.9. The van der Waals surface area contributed by atoms with Crippen LogP contribution in [0, 0.1) is 31.8 Å². The average molecular weight is 396 g/mol. The number of hydrogen-bond acceptors (Lipinski definition) is 3. The average Bonchev–Trinajstić information content (AvgIpc) is 3.10. The third-order valence-electron chi connectivity index (χ3n) is 6.77. The SMILES string of the molecule is C[C@@]12CC[C@@H]3C[C@@]1(C#N)N(C(=O)c1ccc(I)o1)C[C@@]32C. The molecule has 0 unspecified atom stereocenters. The van der Waals surface area contributed by atoms with Crippen molar-refractivity contribution in [1.29, 1.82) is 5.26 Å². The van der Waals surface area contributed by atoms with Gasteiger partial charge in [-0.25, -0.2) is 0 Å². The second kappa shape index (κ2) is 3.83. The molecule has 110 valence electrons. The fourth-order valence-corrected chi connectivity index (χ4v) is 5.73. The van der Waals surface area contributed by atoms with Gasteiger partial charge in [0.1, 0.15) is 5.54 Å². The van der Waals surface area contributed by atoms with Crippen LogP contribution in [0.25, 0.3) is 0 Å². The molecule has 4 bridgehead atoms. The monoisotopic (exact) mass is 396 g/mol. The van der Waals surface area contributed by atoms with Crippen LogP contribution in [0.4, 0.5) is 0 Å². The summed E-state index contributed by atoms with van der Waals surface area (Å²) in [6.07, 6.45) is 3.05. The first-order valence-corrected chi connectivity index (χ1v) is 8.44. The van der Waals surface area contributed by atoms with E-state index in [0.29, 0.717) is 22.0 Å². The predicted molar refractivity (Wildman–Crippen MR) is 84.4 cm³/mol. The molecule has 2 heterocycles. The third-order valence-corrected chi connectivity index (χ3v) is 7.35. The van der Waals surface area contributed by atoms with Crippen molar-refractivity contribution in [3.8, 4) is 6.07 Å². The van der Waals surface area contributed by atoms with Crippen LogP contribution in [0.5, 0.6) is 0 Å². The number of amides is 1. The molecule has 0 radical (unpaired) electrons. The highest BCUT2D eigenvalue weighted by molar-refractivity contribution is 14.1. The summed E-state index contributed by atoms with van der Waals surface area (Å²) < 4.78 is 6.19. The van der Waals surface area contributed by atoms with Gasteiger partial charge >= 0.3 is 0 Å². The Bertz CT molecular complexity index is 693. The first-order chi connectivity index (χ1) is 9.88. The van der Waals surface area contributed by atoms with E-state index in [1.165, 1.54) is 6.42 Å². The molecule has 3 fully saturated rings. The largest absolute Gasteiger partial charge is 0.445 e. The van der Waals surface area contributed by atoms with Gasteiger partial charge in [0.15, 0.2) is 9.53 Å². The Hall–Kier alpha value is -1.03. The van der Waals surface area contributed by atoms with Gasteiger partial charge in [-0.15, -0.1) is 0 Å². The van der Waals surface area contributed by atoms with Crippen LogP contribution in [-0.2, 0) is 0 Å². The molecule has 1 aromatic rings. The van der Waals surface area contributed by atoms with E-state index in [2.05, 4.69) is 42.5 Å². The Kier molecular flexibility index (Phi) is 2.49. The molecule has 0 spiro atoms. The normalized spacial score (nSPS) is 43.3. The summed E-state index contributed by atoms with van der Waals surface area (Å²) in [6, 6.07) is 6.04. The molecule has 0 aromatic carbocycles. The highest BCUT2D eigenvalue weighted by Crippen LogP contribution is 2.75. The molecule has 2 saturated carbocycles. The number of hydrogen-bond donors (Lipinski definition) is 0. The molecule has 21 heavy (non-hydrogen) atoms. The van der Waals surface area contributed by atoms with E-state index in [9.17, 15) is 10.1 Å². The van der Waals surface area contributed by atoms with E-state index in [1.54, 1.807) is 17.0 Å². The van der Waals surface area contributed by atoms with Crippen LogP contribution in [0.1, 0.15) is 43.7 Å². The first kappa shape index (κ1) is 13.6.